The third-order valence-corrected chi connectivity index (χ3v) is 5.39. The fourth-order valence-electron chi connectivity index (χ4n) is 2.28. The van der Waals surface area contributed by atoms with Crippen LogP contribution in [0.25, 0.3) is 0 Å². The number of benzene rings is 1. The summed E-state index contributed by atoms with van der Waals surface area (Å²) < 4.78 is 31.8. The zero-order chi connectivity index (χ0) is 15.5. The molecular formula is C14H20N2O4S. The molecule has 6 nitrogen and oxygen atoms in total. The Bertz CT molecular complexity index is 622. The lowest BCUT2D eigenvalue weighted by molar-refractivity contribution is -0.115. The molecule has 116 valence electrons. The molecule has 21 heavy (non-hydrogen) atoms. The first-order chi connectivity index (χ1) is 9.98. The predicted octanol–water partition coefficient (Wildman–Crippen LogP) is 1.83. The molecule has 1 fully saturated rings. The number of nitrogens with zero attached hydrogens (tertiary/aromatic N) is 1. The molecule has 0 saturated carbocycles. The maximum absolute atomic E-state index is 12.6. The van der Waals surface area contributed by atoms with Crippen LogP contribution < -0.4 is 10.1 Å². The Morgan fingerprint density at radius 2 is 2.00 bits per heavy atom. The molecule has 0 aliphatic carbocycles. The van der Waals surface area contributed by atoms with Gasteiger partial charge in [0, 0.05) is 31.3 Å². The third-order valence-electron chi connectivity index (χ3n) is 3.45. The van der Waals surface area contributed by atoms with Crippen molar-refractivity contribution < 1.29 is 17.9 Å². The summed E-state index contributed by atoms with van der Waals surface area (Å²) >= 11 is 0. The van der Waals surface area contributed by atoms with Crippen LogP contribution in [0.2, 0.25) is 0 Å². The van der Waals surface area contributed by atoms with E-state index in [4.69, 9.17) is 4.74 Å². The maximum atomic E-state index is 12.6. The van der Waals surface area contributed by atoms with Gasteiger partial charge in [-0.25, -0.2) is 8.42 Å². The molecule has 0 atom stereocenters. The highest BCUT2D eigenvalue weighted by Gasteiger charge is 2.29. The topological polar surface area (TPSA) is 75.7 Å². The van der Waals surface area contributed by atoms with Crippen molar-refractivity contribution in [3.05, 3.63) is 18.2 Å². The van der Waals surface area contributed by atoms with Crippen molar-refractivity contribution in [3.8, 4) is 5.75 Å². The van der Waals surface area contributed by atoms with Crippen LogP contribution in [0.1, 0.15) is 26.2 Å². The highest BCUT2D eigenvalue weighted by atomic mass is 32.2. The minimum absolute atomic E-state index is 0.132. The summed E-state index contributed by atoms with van der Waals surface area (Å²) in [5.41, 5.74) is 0.527. The van der Waals surface area contributed by atoms with Gasteiger partial charge in [-0.1, -0.05) is 6.92 Å². The smallest absolute Gasteiger partial charge is 0.246 e. The van der Waals surface area contributed by atoms with Gasteiger partial charge < -0.3 is 10.1 Å². The van der Waals surface area contributed by atoms with E-state index in [0.29, 0.717) is 25.2 Å². The number of carbonyl (C=O) groups is 1. The normalized spacial score (nSPS) is 15.9. The van der Waals surface area contributed by atoms with Gasteiger partial charge in [0.05, 0.1) is 7.11 Å². The number of hydrogen-bond acceptors (Lipinski definition) is 4. The average molecular weight is 312 g/mol. The molecular weight excluding hydrogens is 292 g/mol. The molecule has 0 bridgehead atoms. The van der Waals surface area contributed by atoms with E-state index < -0.39 is 10.0 Å². The van der Waals surface area contributed by atoms with Crippen LogP contribution in [0, 0.1) is 0 Å². The quantitative estimate of drug-likeness (QED) is 0.900. The Kier molecular flexibility index (Phi) is 4.84. The van der Waals surface area contributed by atoms with Gasteiger partial charge in [-0.2, -0.15) is 4.31 Å². The summed E-state index contributed by atoms with van der Waals surface area (Å²) in [5.74, 6) is 0.114. The maximum Gasteiger partial charge on any atom is 0.246 e. The first kappa shape index (κ1) is 15.8. The third kappa shape index (κ3) is 3.36. The van der Waals surface area contributed by atoms with Crippen molar-refractivity contribution in [2.45, 2.75) is 31.1 Å². The van der Waals surface area contributed by atoms with Crippen LogP contribution >= 0.6 is 0 Å². The summed E-state index contributed by atoms with van der Waals surface area (Å²) in [6.45, 7) is 2.83. The highest BCUT2D eigenvalue weighted by Crippen LogP contribution is 2.31. The molecule has 1 aliphatic heterocycles. The van der Waals surface area contributed by atoms with Crippen molar-refractivity contribution in [2.24, 2.45) is 0 Å². The lowest BCUT2D eigenvalue weighted by Crippen LogP contribution is -2.28. The van der Waals surface area contributed by atoms with Gasteiger partial charge in [-0.15, -0.1) is 0 Å². The van der Waals surface area contributed by atoms with Crippen LogP contribution in [-0.4, -0.2) is 38.8 Å². The molecule has 1 aromatic carbocycles. The van der Waals surface area contributed by atoms with Crippen LogP contribution in [0.15, 0.2) is 23.1 Å². The first-order valence-electron chi connectivity index (χ1n) is 6.97. The molecule has 1 heterocycles. The second-order valence-corrected chi connectivity index (χ2v) is 6.78. The molecule has 0 aromatic heterocycles. The second-order valence-electron chi connectivity index (χ2n) is 4.88. The Labute approximate surface area is 125 Å². The van der Waals surface area contributed by atoms with Gasteiger partial charge >= 0.3 is 0 Å². The molecule has 2 rings (SSSR count). The summed E-state index contributed by atoms with van der Waals surface area (Å²) in [6.07, 6.45) is 2.12. The van der Waals surface area contributed by atoms with Gasteiger partial charge in [0.25, 0.3) is 0 Å². The van der Waals surface area contributed by atoms with Gasteiger partial charge in [0.2, 0.25) is 15.9 Å². The Morgan fingerprint density at radius 1 is 1.33 bits per heavy atom. The van der Waals surface area contributed by atoms with E-state index in [-0.39, 0.29) is 16.6 Å². The largest absolute Gasteiger partial charge is 0.495 e. The van der Waals surface area contributed by atoms with E-state index in [2.05, 4.69) is 5.32 Å². The Balaban J connectivity index is 2.33. The number of rotatable bonds is 5. The van der Waals surface area contributed by atoms with Gasteiger partial charge in [-0.05, 0) is 25.0 Å². The molecule has 0 spiro atoms. The molecule has 1 saturated heterocycles. The fourth-order valence-corrected chi connectivity index (χ4v) is 3.93. The van der Waals surface area contributed by atoms with Crippen LogP contribution in [0.3, 0.4) is 0 Å². The number of methoxy groups -OCH3 is 1. The van der Waals surface area contributed by atoms with Crippen molar-refractivity contribution in [1.82, 2.24) is 4.31 Å². The number of anilines is 1. The van der Waals surface area contributed by atoms with Crippen LogP contribution in [0.5, 0.6) is 5.75 Å². The van der Waals surface area contributed by atoms with E-state index in [1.165, 1.54) is 23.5 Å². The number of hydrogen-bond donors (Lipinski definition) is 1. The van der Waals surface area contributed by atoms with Crippen molar-refractivity contribution in [2.75, 3.05) is 25.5 Å². The zero-order valence-corrected chi connectivity index (χ0v) is 13.1. The molecule has 0 radical (unpaired) electrons. The Hall–Kier alpha value is -1.60. The molecule has 1 N–H and O–H groups in total. The van der Waals surface area contributed by atoms with Crippen molar-refractivity contribution in [3.63, 3.8) is 0 Å². The minimum Gasteiger partial charge on any atom is -0.495 e. The van der Waals surface area contributed by atoms with E-state index in [1.807, 2.05) is 0 Å². The predicted molar refractivity (Wildman–Crippen MR) is 79.9 cm³/mol. The van der Waals surface area contributed by atoms with Gasteiger partial charge in [0.1, 0.15) is 10.6 Å². The zero-order valence-electron chi connectivity index (χ0n) is 12.3. The molecule has 1 aliphatic rings. The molecule has 0 unspecified atom stereocenters. The van der Waals surface area contributed by atoms with Gasteiger partial charge in [0.15, 0.2) is 0 Å². The summed E-state index contributed by atoms with van der Waals surface area (Å²) in [4.78, 5) is 11.5. The highest BCUT2D eigenvalue weighted by molar-refractivity contribution is 7.89. The Morgan fingerprint density at radius 3 is 2.57 bits per heavy atom. The lowest BCUT2D eigenvalue weighted by Gasteiger charge is -2.18. The fraction of sp³-hybridized carbons (Fsp3) is 0.500. The first-order valence-corrected chi connectivity index (χ1v) is 8.41. The lowest BCUT2D eigenvalue weighted by atomic mass is 10.3. The molecule has 1 aromatic rings. The SMILES string of the molecule is CCC(=O)Nc1ccc(S(=O)(=O)N2CCCC2)c(OC)c1. The average Bonchev–Trinajstić information content (AvgIpc) is 3.01. The van der Waals surface area contributed by atoms with Crippen LogP contribution in [-0.2, 0) is 14.8 Å². The van der Waals surface area contributed by atoms with Crippen molar-refractivity contribution >= 4 is 21.6 Å². The standard InChI is InChI=1S/C14H20N2O4S/c1-3-14(17)15-11-6-7-13(12(10-11)20-2)21(18,19)16-8-4-5-9-16/h6-7,10H,3-5,8-9H2,1-2H3,(H,15,17). The van der Waals surface area contributed by atoms with E-state index in [9.17, 15) is 13.2 Å². The van der Waals surface area contributed by atoms with Crippen LogP contribution in [0.4, 0.5) is 5.69 Å². The summed E-state index contributed by atoms with van der Waals surface area (Å²) in [6, 6.07) is 4.60. The molecule has 1 amide bonds. The number of nitrogens with one attached hydrogen (secondary N) is 1. The number of carbonyl (C=O) groups excluding carboxylic acids is 1. The molecule has 7 heteroatoms. The minimum atomic E-state index is -3.54. The van der Waals surface area contributed by atoms with E-state index in [0.717, 1.165) is 12.8 Å². The monoisotopic (exact) mass is 312 g/mol. The number of ether oxygens (including phenoxy) is 1. The summed E-state index contributed by atoms with van der Waals surface area (Å²) in [7, 11) is -2.12. The second kappa shape index (κ2) is 6.44. The van der Waals surface area contributed by atoms with Gasteiger partial charge in [-0.3, -0.25) is 4.79 Å². The van der Waals surface area contributed by atoms with E-state index in [1.54, 1.807) is 13.0 Å². The van der Waals surface area contributed by atoms with Crippen molar-refractivity contribution in [1.29, 1.82) is 0 Å². The van der Waals surface area contributed by atoms with E-state index >= 15 is 0 Å². The number of sulfonamides is 1. The summed E-state index contributed by atoms with van der Waals surface area (Å²) in [5, 5.41) is 2.69. The number of amides is 1.